The Morgan fingerprint density at radius 3 is 3.00 bits per heavy atom. The molecule has 1 spiro atoms. The summed E-state index contributed by atoms with van der Waals surface area (Å²) in [7, 11) is 4.04. The molecule has 2 rings (SSSR count). The summed E-state index contributed by atoms with van der Waals surface area (Å²) in [6.45, 7) is 1.65. The van der Waals surface area contributed by atoms with Gasteiger partial charge < -0.3 is 9.64 Å². The zero-order valence-electron chi connectivity index (χ0n) is 10.9. The molecule has 0 aliphatic carbocycles. The summed E-state index contributed by atoms with van der Waals surface area (Å²) < 4.78 is 5.95. The lowest BCUT2D eigenvalue weighted by Gasteiger charge is -2.37. The van der Waals surface area contributed by atoms with Crippen molar-refractivity contribution < 1.29 is 9.53 Å². The maximum absolute atomic E-state index is 12.2. The number of Topliss-reactive ketones (excluding diaryl/α,β-unsaturated/α-hetero) is 1. The third kappa shape index (κ3) is 3.46. The Bertz CT molecular complexity index is 275. The summed E-state index contributed by atoms with van der Waals surface area (Å²) in [6, 6.07) is 0. The minimum atomic E-state index is 0.0430. The Hall–Kier alpha value is -0.0600. The van der Waals surface area contributed by atoms with E-state index in [2.05, 4.69) is 4.90 Å². The molecule has 0 radical (unpaired) electrons. The molecule has 4 heteroatoms. The smallest absolute Gasteiger partial charge is 0.137 e. The van der Waals surface area contributed by atoms with Crippen LogP contribution in [0.5, 0.6) is 0 Å². The van der Waals surface area contributed by atoms with E-state index in [0.29, 0.717) is 12.2 Å². The van der Waals surface area contributed by atoms with Crippen molar-refractivity contribution >= 4 is 17.5 Å². The van der Waals surface area contributed by atoms with Crippen LogP contribution in [0, 0.1) is 5.92 Å². The number of rotatable bonds is 4. The van der Waals surface area contributed by atoms with Gasteiger partial charge in [0, 0.05) is 31.2 Å². The monoisotopic (exact) mass is 257 g/mol. The van der Waals surface area contributed by atoms with Crippen molar-refractivity contribution in [3.05, 3.63) is 0 Å². The first-order valence-corrected chi connectivity index (χ1v) is 7.66. The van der Waals surface area contributed by atoms with Crippen molar-refractivity contribution in [3.63, 3.8) is 0 Å². The van der Waals surface area contributed by atoms with Gasteiger partial charge in [-0.05, 0) is 39.1 Å². The quantitative estimate of drug-likeness (QED) is 0.768. The van der Waals surface area contributed by atoms with E-state index in [1.807, 2.05) is 25.9 Å². The van der Waals surface area contributed by atoms with E-state index < -0.39 is 0 Å². The van der Waals surface area contributed by atoms with Crippen molar-refractivity contribution in [1.29, 1.82) is 0 Å². The van der Waals surface area contributed by atoms with E-state index in [1.165, 1.54) is 5.75 Å². The van der Waals surface area contributed by atoms with Crippen LogP contribution in [0.2, 0.25) is 0 Å². The fourth-order valence-electron chi connectivity index (χ4n) is 2.70. The van der Waals surface area contributed by atoms with Crippen LogP contribution in [0.3, 0.4) is 0 Å². The molecule has 98 valence electrons. The van der Waals surface area contributed by atoms with Gasteiger partial charge in [-0.2, -0.15) is 11.8 Å². The topological polar surface area (TPSA) is 29.5 Å². The highest BCUT2D eigenvalue weighted by molar-refractivity contribution is 7.99. The van der Waals surface area contributed by atoms with Gasteiger partial charge in [0.25, 0.3) is 0 Å². The van der Waals surface area contributed by atoms with E-state index in [1.54, 1.807) is 0 Å². The molecule has 3 nitrogen and oxygen atoms in total. The second-order valence-corrected chi connectivity index (χ2v) is 6.65. The third-order valence-electron chi connectivity index (χ3n) is 3.82. The molecular weight excluding hydrogens is 234 g/mol. The predicted octanol–water partition coefficient (Wildman–Crippen LogP) is 1.81. The van der Waals surface area contributed by atoms with Crippen LogP contribution in [-0.4, -0.2) is 55.0 Å². The van der Waals surface area contributed by atoms with Gasteiger partial charge in [-0.1, -0.05) is 0 Å². The van der Waals surface area contributed by atoms with Crippen LogP contribution in [0.25, 0.3) is 0 Å². The van der Waals surface area contributed by atoms with Gasteiger partial charge in [0.15, 0.2) is 0 Å². The summed E-state index contributed by atoms with van der Waals surface area (Å²) >= 11 is 1.97. The fraction of sp³-hybridized carbons (Fsp3) is 0.923. The van der Waals surface area contributed by atoms with E-state index in [9.17, 15) is 4.79 Å². The summed E-state index contributed by atoms with van der Waals surface area (Å²) in [6.07, 6.45) is 3.72. The summed E-state index contributed by atoms with van der Waals surface area (Å²) in [5.74, 6) is 2.98. The normalized spacial score (nSPS) is 33.5. The maximum Gasteiger partial charge on any atom is 0.137 e. The SMILES string of the molecule is CN(C)CCC(=O)C1CCOC2(CCSC2)C1. The van der Waals surface area contributed by atoms with E-state index >= 15 is 0 Å². The van der Waals surface area contributed by atoms with Crippen LogP contribution in [0.15, 0.2) is 0 Å². The zero-order valence-corrected chi connectivity index (χ0v) is 11.7. The highest BCUT2D eigenvalue weighted by Crippen LogP contribution is 2.40. The predicted molar refractivity (Wildman–Crippen MR) is 71.5 cm³/mol. The molecule has 2 fully saturated rings. The second-order valence-electron chi connectivity index (χ2n) is 5.54. The summed E-state index contributed by atoms with van der Waals surface area (Å²) in [5, 5.41) is 0. The van der Waals surface area contributed by atoms with E-state index in [-0.39, 0.29) is 11.5 Å². The molecule has 0 aromatic carbocycles. The Labute approximate surface area is 108 Å². The first kappa shape index (κ1) is 13.4. The molecular formula is C13H23NO2S. The van der Waals surface area contributed by atoms with Crippen molar-refractivity contribution in [3.8, 4) is 0 Å². The standard InChI is InChI=1S/C13H23NO2S/c1-14(2)6-3-12(15)11-4-7-16-13(9-11)5-8-17-10-13/h11H,3-10H2,1-2H3. The molecule has 2 atom stereocenters. The Balaban J connectivity index is 1.86. The number of thioether (sulfide) groups is 1. The van der Waals surface area contributed by atoms with Crippen LogP contribution in [-0.2, 0) is 9.53 Å². The Morgan fingerprint density at radius 1 is 1.53 bits per heavy atom. The second kappa shape index (κ2) is 5.72. The molecule has 2 unspecified atom stereocenters. The lowest BCUT2D eigenvalue weighted by atomic mass is 9.82. The molecule has 0 N–H and O–H groups in total. The molecule has 0 aromatic rings. The number of ketones is 1. The minimum Gasteiger partial charge on any atom is -0.374 e. The van der Waals surface area contributed by atoms with Gasteiger partial charge in [0.2, 0.25) is 0 Å². The number of carbonyl (C=O) groups excluding carboxylic acids is 1. The van der Waals surface area contributed by atoms with Crippen molar-refractivity contribution in [2.45, 2.75) is 31.3 Å². The van der Waals surface area contributed by atoms with Crippen LogP contribution in [0.1, 0.15) is 25.7 Å². The van der Waals surface area contributed by atoms with Gasteiger partial charge in [-0.25, -0.2) is 0 Å². The molecule has 2 heterocycles. The average molecular weight is 257 g/mol. The van der Waals surface area contributed by atoms with E-state index in [4.69, 9.17) is 4.74 Å². The summed E-state index contributed by atoms with van der Waals surface area (Å²) in [5.41, 5.74) is 0.0430. The van der Waals surface area contributed by atoms with Gasteiger partial charge in [-0.15, -0.1) is 0 Å². The Morgan fingerprint density at radius 2 is 2.35 bits per heavy atom. The highest BCUT2D eigenvalue weighted by Gasteiger charge is 2.42. The molecule has 0 bridgehead atoms. The first-order chi connectivity index (χ1) is 8.11. The summed E-state index contributed by atoms with van der Waals surface area (Å²) in [4.78, 5) is 14.2. The van der Waals surface area contributed by atoms with Gasteiger partial charge in [0.05, 0.1) is 5.60 Å². The number of hydrogen-bond acceptors (Lipinski definition) is 4. The maximum atomic E-state index is 12.2. The number of hydrogen-bond donors (Lipinski definition) is 0. The lowest BCUT2D eigenvalue weighted by molar-refractivity contribution is -0.134. The molecule has 0 aromatic heterocycles. The van der Waals surface area contributed by atoms with E-state index in [0.717, 1.165) is 38.2 Å². The van der Waals surface area contributed by atoms with Crippen molar-refractivity contribution in [2.75, 3.05) is 38.8 Å². The van der Waals surface area contributed by atoms with Crippen LogP contribution < -0.4 is 0 Å². The number of ether oxygens (including phenoxy) is 1. The Kier molecular flexibility index (Phi) is 4.50. The van der Waals surface area contributed by atoms with Crippen LogP contribution in [0.4, 0.5) is 0 Å². The van der Waals surface area contributed by atoms with Crippen molar-refractivity contribution in [1.82, 2.24) is 4.90 Å². The number of carbonyl (C=O) groups is 1. The molecule has 0 saturated carbocycles. The third-order valence-corrected chi connectivity index (χ3v) is 5.04. The first-order valence-electron chi connectivity index (χ1n) is 6.50. The fourth-order valence-corrected chi connectivity index (χ4v) is 4.08. The average Bonchev–Trinajstić information content (AvgIpc) is 2.74. The molecule has 2 saturated heterocycles. The molecule has 0 amide bonds. The number of nitrogens with zero attached hydrogens (tertiary/aromatic N) is 1. The molecule has 2 aliphatic rings. The molecule has 17 heavy (non-hydrogen) atoms. The highest BCUT2D eigenvalue weighted by atomic mass is 32.2. The van der Waals surface area contributed by atoms with Crippen molar-refractivity contribution in [2.24, 2.45) is 5.92 Å². The molecule has 2 aliphatic heterocycles. The van der Waals surface area contributed by atoms with Crippen LogP contribution >= 0.6 is 11.8 Å². The largest absolute Gasteiger partial charge is 0.374 e. The minimum absolute atomic E-state index is 0.0430. The lowest BCUT2D eigenvalue weighted by Crippen LogP contribution is -2.42. The van der Waals surface area contributed by atoms with Gasteiger partial charge in [-0.3, -0.25) is 4.79 Å². The van der Waals surface area contributed by atoms with Gasteiger partial charge in [0.1, 0.15) is 5.78 Å². The van der Waals surface area contributed by atoms with Gasteiger partial charge >= 0.3 is 0 Å². The zero-order chi connectivity index (χ0) is 12.3.